The summed E-state index contributed by atoms with van der Waals surface area (Å²) in [5.41, 5.74) is 12.0. The Balaban J connectivity index is 0.000000266. The van der Waals surface area contributed by atoms with Gasteiger partial charge in [-0.05, 0) is 47.2 Å². The number of benzene rings is 3. The van der Waals surface area contributed by atoms with Crippen molar-refractivity contribution in [2.24, 2.45) is 11.7 Å². The van der Waals surface area contributed by atoms with Gasteiger partial charge in [-0.3, -0.25) is 9.59 Å². The number of hydrogen-bond acceptors (Lipinski definition) is 4. The fourth-order valence-electron chi connectivity index (χ4n) is 4.21. The van der Waals surface area contributed by atoms with Gasteiger partial charge in [-0.1, -0.05) is 80.1 Å². The number of carbonyl (C=O) groups is 3. The summed E-state index contributed by atoms with van der Waals surface area (Å²) in [5.74, 6) is -0.292. The van der Waals surface area contributed by atoms with Gasteiger partial charge in [0.05, 0.1) is 0 Å². The molecule has 0 bridgehead atoms. The van der Waals surface area contributed by atoms with E-state index < -0.39 is 6.09 Å². The second-order valence-electron chi connectivity index (χ2n) is 9.25. The number of nitrogens with one attached hydrogen (secondary N) is 2. The average molecular weight is 502 g/mol. The summed E-state index contributed by atoms with van der Waals surface area (Å²) in [4.78, 5) is 33.8. The highest BCUT2D eigenvalue weighted by Crippen LogP contribution is 2.44. The van der Waals surface area contributed by atoms with E-state index in [0.29, 0.717) is 13.0 Å². The summed E-state index contributed by atoms with van der Waals surface area (Å²) in [6.07, 6.45) is 0.288. The van der Waals surface area contributed by atoms with Crippen LogP contribution >= 0.6 is 0 Å². The first-order chi connectivity index (χ1) is 17.8. The maximum Gasteiger partial charge on any atom is 0.407 e. The lowest BCUT2D eigenvalue weighted by atomic mass is 9.98. The van der Waals surface area contributed by atoms with Crippen LogP contribution in [-0.2, 0) is 14.3 Å². The first kappa shape index (κ1) is 27.5. The number of rotatable bonds is 8. The van der Waals surface area contributed by atoms with Crippen LogP contribution < -0.4 is 16.4 Å². The Morgan fingerprint density at radius 1 is 0.919 bits per heavy atom. The number of primary amides is 1. The predicted octanol–water partition coefficient (Wildman–Crippen LogP) is 5.38. The predicted molar refractivity (Wildman–Crippen MR) is 146 cm³/mol. The third-order valence-corrected chi connectivity index (χ3v) is 6.14. The third kappa shape index (κ3) is 7.93. The number of fused-ring (bicyclic) bond motifs is 3. The van der Waals surface area contributed by atoms with Crippen LogP contribution in [0, 0.1) is 12.8 Å². The molecule has 0 radical (unpaired) electrons. The van der Waals surface area contributed by atoms with Crippen molar-refractivity contribution in [1.82, 2.24) is 5.32 Å². The molecular weight excluding hydrogens is 466 g/mol. The van der Waals surface area contributed by atoms with Crippen LogP contribution in [0.15, 0.2) is 72.8 Å². The van der Waals surface area contributed by atoms with Crippen molar-refractivity contribution in [3.63, 3.8) is 0 Å². The minimum Gasteiger partial charge on any atom is -0.449 e. The molecule has 7 nitrogen and oxygen atoms in total. The lowest BCUT2D eigenvalue weighted by Crippen LogP contribution is -2.31. The van der Waals surface area contributed by atoms with E-state index >= 15 is 0 Å². The van der Waals surface area contributed by atoms with Crippen molar-refractivity contribution >= 4 is 23.6 Å². The highest BCUT2D eigenvalue weighted by Gasteiger charge is 2.29. The van der Waals surface area contributed by atoms with Gasteiger partial charge in [0.15, 0.2) is 0 Å². The molecule has 0 spiro atoms. The Morgan fingerprint density at radius 2 is 1.49 bits per heavy atom. The highest BCUT2D eigenvalue weighted by molar-refractivity contribution is 5.90. The number of anilines is 1. The number of alkyl carbamates (subject to hydrolysis) is 1. The smallest absolute Gasteiger partial charge is 0.407 e. The van der Waals surface area contributed by atoms with Crippen molar-refractivity contribution in [1.29, 1.82) is 0 Å². The van der Waals surface area contributed by atoms with E-state index in [1.807, 2.05) is 69.3 Å². The van der Waals surface area contributed by atoms with Gasteiger partial charge >= 0.3 is 6.09 Å². The Kier molecular flexibility index (Phi) is 9.84. The summed E-state index contributed by atoms with van der Waals surface area (Å²) in [6.45, 7) is 6.35. The molecule has 0 aliphatic heterocycles. The lowest BCUT2D eigenvalue weighted by molar-refractivity contribution is -0.119. The van der Waals surface area contributed by atoms with Gasteiger partial charge in [0.2, 0.25) is 11.8 Å². The molecule has 4 rings (SSSR count). The Labute approximate surface area is 218 Å². The number of nitrogens with two attached hydrogens (primary N) is 1. The molecule has 0 saturated heterocycles. The monoisotopic (exact) mass is 501 g/mol. The molecule has 1 aliphatic rings. The molecule has 3 amide bonds. The van der Waals surface area contributed by atoms with Crippen molar-refractivity contribution in [2.45, 2.75) is 39.5 Å². The van der Waals surface area contributed by atoms with Crippen LogP contribution in [0.4, 0.5) is 10.5 Å². The fourth-order valence-corrected chi connectivity index (χ4v) is 4.21. The molecular formula is C30H35N3O4. The van der Waals surface area contributed by atoms with E-state index in [2.05, 4.69) is 34.9 Å². The molecule has 4 N–H and O–H groups in total. The molecule has 194 valence electrons. The normalized spacial score (nSPS) is 12.3. The molecule has 7 heteroatoms. The van der Waals surface area contributed by atoms with Crippen LogP contribution in [0.1, 0.15) is 49.3 Å². The van der Waals surface area contributed by atoms with Crippen LogP contribution in [0.5, 0.6) is 0 Å². The van der Waals surface area contributed by atoms with E-state index in [1.165, 1.54) is 27.8 Å². The summed E-state index contributed by atoms with van der Waals surface area (Å²) < 4.78 is 5.43. The SMILES string of the molecule is CCC(=O)Nc1ccc(C)cc1.C[C@H](CNC(=O)OCC1c2ccccc2-c2ccccc21)CC(N)=O. The Bertz CT molecular complexity index is 1180. The van der Waals surface area contributed by atoms with Gasteiger partial charge in [-0.15, -0.1) is 0 Å². The summed E-state index contributed by atoms with van der Waals surface area (Å²) in [6, 6.07) is 24.2. The fraction of sp³-hybridized carbons (Fsp3) is 0.300. The maximum atomic E-state index is 12.0. The Hall–Kier alpha value is -4.13. The van der Waals surface area contributed by atoms with Crippen molar-refractivity contribution < 1.29 is 19.1 Å². The topological polar surface area (TPSA) is 111 Å². The zero-order valence-electron chi connectivity index (χ0n) is 21.6. The average Bonchev–Trinajstić information content (AvgIpc) is 3.21. The molecule has 3 aromatic rings. The van der Waals surface area contributed by atoms with E-state index in [9.17, 15) is 14.4 Å². The molecule has 1 atom stereocenters. The first-order valence-corrected chi connectivity index (χ1v) is 12.5. The number of hydrogen-bond donors (Lipinski definition) is 3. The second-order valence-corrected chi connectivity index (χ2v) is 9.25. The lowest BCUT2D eigenvalue weighted by Gasteiger charge is -2.15. The molecule has 37 heavy (non-hydrogen) atoms. The molecule has 0 fully saturated rings. The molecule has 0 unspecified atom stereocenters. The highest BCUT2D eigenvalue weighted by atomic mass is 16.5. The number of carbonyl (C=O) groups excluding carboxylic acids is 3. The minimum atomic E-state index is -0.474. The summed E-state index contributed by atoms with van der Waals surface area (Å²) in [7, 11) is 0. The number of amides is 3. The van der Waals surface area contributed by atoms with Gasteiger partial charge in [0.25, 0.3) is 0 Å². The zero-order chi connectivity index (χ0) is 26.8. The van der Waals surface area contributed by atoms with E-state index in [4.69, 9.17) is 10.5 Å². The van der Waals surface area contributed by atoms with Crippen molar-refractivity contribution in [2.75, 3.05) is 18.5 Å². The van der Waals surface area contributed by atoms with Gasteiger partial charge in [-0.2, -0.15) is 0 Å². The van der Waals surface area contributed by atoms with Crippen LogP contribution in [-0.4, -0.2) is 31.1 Å². The van der Waals surface area contributed by atoms with Crippen LogP contribution in [0.3, 0.4) is 0 Å². The molecule has 0 aromatic heterocycles. The van der Waals surface area contributed by atoms with Crippen molar-refractivity contribution in [3.8, 4) is 11.1 Å². The minimum absolute atomic E-state index is 0.0158. The van der Waals surface area contributed by atoms with E-state index in [-0.39, 0.29) is 36.7 Å². The molecule has 3 aromatic carbocycles. The Morgan fingerprint density at radius 3 is 2.03 bits per heavy atom. The van der Waals surface area contributed by atoms with Gasteiger partial charge < -0.3 is 21.1 Å². The molecule has 1 aliphatic carbocycles. The number of ether oxygens (including phenoxy) is 1. The standard InChI is InChI=1S/C20H22N2O3.C10H13NO/c1-13(10-19(21)23)11-22-20(24)25-12-18-16-8-4-2-6-14(16)15-7-3-5-9-17(15)18;1-3-10(12)11-9-6-4-8(2)5-7-9/h2-9,13,18H,10-12H2,1H3,(H2,21,23)(H,22,24);4-7H,3H2,1-2H3,(H,11,12)/t13-;/m0./s1. The maximum absolute atomic E-state index is 12.0. The van der Waals surface area contributed by atoms with Crippen LogP contribution in [0.25, 0.3) is 11.1 Å². The van der Waals surface area contributed by atoms with Gasteiger partial charge in [0, 0.05) is 31.0 Å². The quantitative estimate of drug-likeness (QED) is 0.385. The largest absolute Gasteiger partial charge is 0.449 e. The second kappa shape index (κ2) is 13.3. The molecule has 0 saturated carbocycles. The zero-order valence-corrected chi connectivity index (χ0v) is 21.6. The number of aryl methyl sites for hydroxylation is 1. The van der Waals surface area contributed by atoms with Crippen molar-refractivity contribution in [3.05, 3.63) is 89.5 Å². The summed E-state index contributed by atoms with van der Waals surface area (Å²) >= 11 is 0. The first-order valence-electron chi connectivity index (χ1n) is 12.5. The van der Waals surface area contributed by atoms with Crippen LogP contribution in [0.2, 0.25) is 0 Å². The van der Waals surface area contributed by atoms with Gasteiger partial charge in [0.1, 0.15) is 6.61 Å². The third-order valence-electron chi connectivity index (χ3n) is 6.14. The van der Waals surface area contributed by atoms with E-state index in [0.717, 1.165) is 5.69 Å². The summed E-state index contributed by atoms with van der Waals surface area (Å²) in [5, 5.41) is 5.47. The molecule has 0 heterocycles. The van der Waals surface area contributed by atoms with Gasteiger partial charge in [-0.25, -0.2) is 4.79 Å². The van der Waals surface area contributed by atoms with E-state index in [1.54, 1.807) is 0 Å².